The van der Waals surface area contributed by atoms with Crippen LogP contribution in [0, 0.1) is 5.92 Å². The van der Waals surface area contributed by atoms with Crippen molar-refractivity contribution in [3.05, 3.63) is 60.7 Å². The molecule has 0 spiro atoms. The van der Waals surface area contributed by atoms with Gasteiger partial charge in [0.1, 0.15) is 11.5 Å². The van der Waals surface area contributed by atoms with Crippen molar-refractivity contribution in [1.29, 1.82) is 0 Å². The molecule has 0 unspecified atom stereocenters. The fraction of sp³-hybridized carbons (Fsp3) is 0.250. The minimum Gasteiger partial charge on any atom is -0.395 e. The van der Waals surface area contributed by atoms with E-state index >= 15 is 0 Å². The highest BCUT2D eigenvalue weighted by Crippen LogP contribution is 2.43. The Morgan fingerprint density at radius 3 is 1.38 bits per heavy atom. The van der Waals surface area contributed by atoms with Gasteiger partial charge in [-0.3, -0.25) is 4.89 Å². The van der Waals surface area contributed by atoms with E-state index in [2.05, 4.69) is 20.8 Å². The first-order valence-electron chi connectivity index (χ1n) is 6.71. The first kappa shape index (κ1) is 17.3. The van der Waals surface area contributed by atoms with Crippen LogP contribution in [0.1, 0.15) is 20.8 Å². The van der Waals surface area contributed by atoms with E-state index in [0.717, 1.165) is 5.92 Å². The van der Waals surface area contributed by atoms with Gasteiger partial charge < -0.3 is 9.05 Å². The zero-order valence-electron chi connectivity index (χ0n) is 12.5. The van der Waals surface area contributed by atoms with Gasteiger partial charge >= 0.3 is 7.82 Å². The van der Waals surface area contributed by atoms with E-state index in [1.54, 1.807) is 60.7 Å². The molecule has 0 atom stereocenters. The molecule has 0 heterocycles. The van der Waals surface area contributed by atoms with Gasteiger partial charge in [0.2, 0.25) is 0 Å². The number of hydrogen-bond donors (Lipinski definition) is 1. The van der Waals surface area contributed by atoms with Gasteiger partial charge in [-0.05, 0) is 30.2 Å². The van der Waals surface area contributed by atoms with E-state index in [4.69, 9.17) is 9.05 Å². The second kappa shape index (κ2) is 8.50. The molecule has 2 aromatic carbocycles. The van der Waals surface area contributed by atoms with Gasteiger partial charge in [-0.2, -0.15) is 0 Å². The van der Waals surface area contributed by atoms with Crippen molar-refractivity contribution >= 4 is 7.82 Å². The third kappa shape index (κ3) is 8.18. The summed E-state index contributed by atoms with van der Waals surface area (Å²) in [6.45, 7) is 6.50. The lowest BCUT2D eigenvalue weighted by Gasteiger charge is -2.13. The minimum atomic E-state index is -4.14. The molecule has 2 aromatic rings. The maximum atomic E-state index is 11.7. The highest BCUT2D eigenvalue weighted by Gasteiger charge is 2.24. The molecule has 0 amide bonds. The Bertz CT molecular complexity index is 507. The fourth-order valence-electron chi connectivity index (χ4n) is 1.25. The van der Waals surface area contributed by atoms with Crippen molar-refractivity contribution in [3.8, 4) is 11.5 Å². The first-order chi connectivity index (χ1) is 9.89. The number of para-hydroxylation sites is 2. The lowest BCUT2D eigenvalue weighted by atomic mass is 10.3. The van der Waals surface area contributed by atoms with Crippen LogP contribution in [0.3, 0.4) is 0 Å². The van der Waals surface area contributed by atoms with Gasteiger partial charge in [-0.15, -0.1) is 0 Å². The van der Waals surface area contributed by atoms with Gasteiger partial charge in [0.25, 0.3) is 0 Å². The Balaban J connectivity index is 0.000000491. The normalized spacial score (nSPS) is 10.5. The summed E-state index contributed by atoms with van der Waals surface area (Å²) in [7, 11) is -4.14. The SMILES string of the molecule is CC(C)C.O=P(O)(Oc1ccccc1)Oc1ccccc1. The summed E-state index contributed by atoms with van der Waals surface area (Å²) in [5, 5.41) is 0. The van der Waals surface area contributed by atoms with E-state index in [0.29, 0.717) is 0 Å². The second-order valence-corrected chi connectivity index (χ2v) is 6.31. The van der Waals surface area contributed by atoms with Crippen LogP contribution < -0.4 is 9.05 Å². The highest BCUT2D eigenvalue weighted by molar-refractivity contribution is 7.48. The van der Waals surface area contributed by atoms with Gasteiger partial charge in [0, 0.05) is 0 Å². The van der Waals surface area contributed by atoms with E-state index in [9.17, 15) is 9.46 Å². The molecular weight excluding hydrogens is 287 g/mol. The maximum absolute atomic E-state index is 11.7. The van der Waals surface area contributed by atoms with Crippen molar-refractivity contribution in [3.63, 3.8) is 0 Å². The van der Waals surface area contributed by atoms with Gasteiger partial charge in [-0.1, -0.05) is 57.2 Å². The lowest BCUT2D eigenvalue weighted by Crippen LogP contribution is -1.99. The summed E-state index contributed by atoms with van der Waals surface area (Å²) in [6.07, 6.45) is 0. The molecule has 0 saturated heterocycles. The molecule has 0 aromatic heterocycles. The molecule has 0 aliphatic heterocycles. The summed E-state index contributed by atoms with van der Waals surface area (Å²) in [5.74, 6) is 1.41. The van der Waals surface area contributed by atoms with Gasteiger partial charge in [0.15, 0.2) is 0 Å². The molecule has 0 saturated carbocycles. The first-order valence-corrected chi connectivity index (χ1v) is 8.20. The zero-order valence-corrected chi connectivity index (χ0v) is 13.4. The molecule has 1 N–H and O–H groups in total. The van der Waals surface area contributed by atoms with E-state index in [1.807, 2.05) is 0 Å². The van der Waals surface area contributed by atoms with Crippen molar-refractivity contribution in [2.45, 2.75) is 20.8 Å². The topological polar surface area (TPSA) is 55.8 Å². The van der Waals surface area contributed by atoms with Crippen molar-refractivity contribution in [2.24, 2.45) is 5.92 Å². The van der Waals surface area contributed by atoms with Crippen LogP contribution in [0.5, 0.6) is 11.5 Å². The van der Waals surface area contributed by atoms with Gasteiger partial charge in [-0.25, -0.2) is 4.57 Å². The standard InChI is InChI=1S/C12H11O4P.C4H10/c13-17(14,15-11-7-3-1-4-8-11)16-12-9-5-2-6-10-12;1-4(2)3/h1-10H,(H,13,14);4H,1-3H3. The molecule has 2 rings (SSSR count). The zero-order chi connectivity index (χ0) is 15.7. The largest absolute Gasteiger partial charge is 0.584 e. The molecule has 5 heteroatoms. The van der Waals surface area contributed by atoms with E-state index < -0.39 is 7.82 Å². The van der Waals surface area contributed by atoms with Crippen LogP contribution in [0.25, 0.3) is 0 Å². The molecule has 114 valence electrons. The predicted molar refractivity (Wildman–Crippen MR) is 84.5 cm³/mol. The van der Waals surface area contributed by atoms with Crippen LogP contribution >= 0.6 is 7.82 Å². The number of benzene rings is 2. The lowest BCUT2D eigenvalue weighted by molar-refractivity contribution is 0.291. The Kier molecular flexibility index (Phi) is 7.00. The Hall–Kier alpha value is -1.77. The average molecular weight is 308 g/mol. The number of phosphoric ester groups is 1. The molecular formula is C16H21O4P. The molecule has 4 nitrogen and oxygen atoms in total. The molecule has 0 aliphatic rings. The smallest absolute Gasteiger partial charge is 0.395 e. The van der Waals surface area contributed by atoms with Crippen molar-refractivity contribution < 1.29 is 18.5 Å². The molecule has 0 fully saturated rings. The van der Waals surface area contributed by atoms with Crippen LogP contribution in [-0.4, -0.2) is 4.89 Å². The molecule has 0 bridgehead atoms. The summed E-state index contributed by atoms with van der Waals surface area (Å²) >= 11 is 0. The third-order valence-electron chi connectivity index (χ3n) is 1.93. The molecule has 21 heavy (non-hydrogen) atoms. The monoisotopic (exact) mass is 308 g/mol. The van der Waals surface area contributed by atoms with Crippen molar-refractivity contribution in [1.82, 2.24) is 0 Å². The Morgan fingerprint density at radius 1 is 0.810 bits per heavy atom. The minimum absolute atomic E-state index is 0.286. The van der Waals surface area contributed by atoms with Crippen molar-refractivity contribution in [2.75, 3.05) is 0 Å². The number of hydrogen-bond acceptors (Lipinski definition) is 3. The van der Waals surface area contributed by atoms with Crippen LogP contribution in [0.4, 0.5) is 0 Å². The van der Waals surface area contributed by atoms with Crippen LogP contribution in [0.15, 0.2) is 60.7 Å². The summed E-state index contributed by atoms with van der Waals surface area (Å²) in [5.41, 5.74) is 0. The maximum Gasteiger partial charge on any atom is 0.584 e. The summed E-state index contributed by atoms with van der Waals surface area (Å²) in [4.78, 5) is 9.53. The highest BCUT2D eigenvalue weighted by atomic mass is 31.2. The molecule has 0 aliphatic carbocycles. The third-order valence-corrected chi connectivity index (χ3v) is 2.81. The summed E-state index contributed by atoms with van der Waals surface area (Å²) < 4.78 is 21.5. The molecule has 0 radical (unpaired) electrons. The van der Waals surface area contributed by atoms with Crippen LogP contribution in [-0.2, 0) is 4.57 Å². The quantitative estimate of drug-likeness (QED) is 0.816. The average Bonchev–Trinajstić information content (AvgIpc) is 2.39. The Labute approximate surface area is 126 Å². The number of phosphoric acid groups is 1. The predicted octanol–water partition coefficient (Wildman–Crippen LogP) is 4.91. The fourth-order valence-corrected chi connectivity index (χ4v) is 2.06. The van der Waals surface area contributed by atoms with E-state index in [1.165, 1.54) is 0 Å². The van der Waals surface area contributed by atoms with E-state index in [-0.39, 0.29) is 11.5 Å². The van der Waals surface area contributed by atoms with Crippen LogP contribution in [0.2, 0.25) is 0 Å². The summed E-state index contributed by atoms with van der Waals surface area (Å²) in [6, 6.07) is 16.7. The second-order valence-electron chi connectivity index (χ2n) is 5.01. The number of rotatable bonds is 4. The Morgan fingerprint density at radius 2 is 1.10 bits per heavy atom. The van der Waals surface area contributed by atoms with Gasteiger partial charge in [0.05, 0.1) is 0 Å².